The van der Waals surface area contributed by atoms with E-state index in [2.05, 4.69) is 27.6 Å². The predicted molar refractivity (Wildman–Crippen MR) is 119 cm³/mol. The minimum absolute atomic E-state index is 0.0504. The average Bonchev–Trinajstić information content (AvgIpc) is 3.34. The lowest BCUT2D eigenvalue weighted by Crippen LogP contribution is -2.10. The van der Waals surface area contributed by atoms with Gasteiger partial charge in [-0.05, 0) is 49.1 Å². The van der Waals surface area contributed by atoms with Crippen molar-refractivity contribution in [2.75, 3.05) is 10.6 Å². The Kier molecular flexibility index (Phi) is 4.47. The number of benzene rings is 1. The Hall–Kier alpha value is -3.32. The van der Waals surface area contributed by atoms with Crippen LogP contribution in [0.1, 0.15) is 30.4 Å². The monoisotopic (exact) mass is 420 g/mol. The third-order valence-corrected chi connectivity index (χ3v) is 5.48. The summed E-state index contributed by atoms with van der Waals surface area (Å²) in [4.78, 5) is 16.5. The number of nitrogens with zero attached hydrogens (tertiary/aromatic N) is 3. The highest BCUT2D eigenvalue weighted by atomic mass is 35.5. The number of aryl methyl sites for hydroxylation is 1. The fourth-order valence-electron chi connectivity index (χ4n) is 3.45. The highest BCUT2D eigenvalue weighted by Crippen LogP contribution is 2.30. The second-order valence-corrected chi connectivity index (χ2v) is 8.17. The third kappa shape index (κ3) is 3.64. The number of hydrogen-bond donors (Lipinski definition) is 3. The predicted octanol–water partition coefficient (Wildman–Crippen LogP) is 4.43. The van der Waals surface area contributed by atoms with Gasteiger partial charge >= 0.3 is 0 Å². The van der Waals surface area contributed by atoms with Crippen LogP contribution in [0, 0.1) is 6.92 Å². The van der Waals surface area contributed by atoms with E-state index in [9.17, 15) is 4.79 Å². The van der Waals surface area contributed by atoms with E-state index < -0.39 is 0 Å². The molecule has 2 aliphatic rings. The number of carbonyl (C=O) groups is 1. The van der Waals surface area contributed by atoms with E-state index in [-0.39, 0.29) is 5.91 Å². The van der Waals surface area contributed by atoms with Crippen molar-refractivity contribution < 1.29 is 4.79 Å². The van der Waals surface area contributed by atoms with Crippen molar-refractivity contribution in [3.63, 3.8) is 0 Å². The third-order valence-electron chi connectivity index (χ3n) is 5.25. The van der Waals surface area contributed by atoms with Crippen LogP contribution in [0.5, 0.6) is 0 Å². The fraction of sp³-hybridized carbons (Fsp3) is 0.227. The van der Waals surface area contributed by atoms with E-state index in [0.717, 1.165) is 41.0 Å². The van der Waals surface area contributed by atoms with Gasteiger partial charge in [0.1, 0.15) is 11.6 Å². The van der Waals surface area contributed by atoms with Gasteiger partial charge in [0.15, 0.2) is 5.65 Å². The zero-order valence-electron chi connectivity index (χ0n) is 16.5. The molecule has 1 saturated heterocycles. The Balaban J connectivity index is 1.59. The summed E-state index contributed by atoms with van der Waals surface area (Å²) in [6.45, 7) is 5.94. The van der Waals surface area contributed by atoms with Gasteiger partial charge in [-0.15, -0.1) is 0 Å². The molecular formula is C22H21ClN6O. The molecule has 8 heteroatoms. The van der Waals surface area contributed by atoms with Crippen LogP contribution in [0.2, 0.25) is 5.02 Å². The Morgan fingerprint density at radius 1 is 1.33 bits per heavy atom. The van der Waals surface area contributed by atoms with Crippen LogP contribution in [0.4, 0.5) is 17.3 Å². The minimum atomic E-state index is -0.0504. The van der Waals surface area contributed by atoms with Crippen molar-refractivity contribution in [3.8, 4) is 0 Å². The summed E-state index contributed by atoms with van der Waals surface area (Å²) in [6.07, 6.45) is 6.28. The van der Waals surface area contributed by atoms with Gasteiger partial charge in [0.05, 0.1) is 12.6 Å². The van der Waals surface area contributed by atoms with Crippen LogP contribution in [0.15, 0.2) is 48.3 Å². The van der Waals surface area contributed by atoms with Crippen molar-refractivity contribution in [2.45, 2.75) is 32.2 Å². The molecule has 0 atom stereocenters. The summed E-state index contributed by atoms with van der Waals surface area (Å²) in [5.41, 5.74) is 4.96. The Morgan fingerprint density at radius 3 is 2.90 bits per heavy atom. The number of nitrogens with one attached hydrogen (secondary N) is 3. The zero-order valence-corrected chi connectivity index (χ0v) is 17.3. The summed E-state index contributed by atoms with van der Waals surface area (Å²) in [7, 11) is 0. The molecule has 1 aromatic carbocycles. The van der Waals surface area contributed by atoms with E-state index in [1.165, 1.54) is 0 Å². The maximum Gasteiger partial charge on any atom is 0.228 e. The van der Waals surface area contributed by atoms with E-state index in [1.807, 2.05) is 37.3 Å². The first kappa shape index (κ1) is 18.7. The topological polar surface area (TPSA) is 83.4 Å². The van der Waals surface area contributed by atoms with Crippen molar-refractivity contribution in [3.05, 3.63) is 64.5 Å². The summed E-state index contributed by atoms with van der Waals surface area (Å²) in [6, 6.07) is 8.13. The van der Waals surface area contributed by atoms with Crippen molar-refractivity contribution >= 4 is 46.6 Å². The van der Waals surface area contributed by atoms with E-state index in [4.69, 9.17) is 16.6 Å². The van der Waals surface area contributed by atoms with Gasteiger partial charge in [-0.3, -0.25) is 4.79 Å². The van der Waals surface area contributed by atoms with Crippen LogP contribution < -0.4 is 16.0 Å². The summed E-state index contributed by atoms with van der Waals surface area (Å²) in [5, 5.41) is 14.8. The smallest absolute Gasteiger partial charge is 0.228 e. The molecule has 2 fully saturated rings. The second kappa shape index (κ2) is 7.18. The lowest BCUT2D eigenvalue weighted by atomic mass is 10.1. The number of amides is 1. The number of allylic oxidation sites excluding steroid dienone is 1. The molecular weight excluding hydrogens is 400 g/mol. The number of aromatic nitrogens is 3. The van der Waals surface area contributed by atoms with Crippen LogP contribution >= 0.6 is 11.6 Å². The quantitative estimate of drug-likeness (QED) is 0.568. The van der Waals surface area contributed by atoms with E-state index >= 15 is 0 Å². The highest BCUT2D eigenvalue weighted by Gasteiger charge is 2.24. The maximum atomic E-state index is 11.7. The van der Waals surface area contributed by atoms with Gasteiger partial charge in [0, 0.05) is 34.1 Å². The molecule has 0 bridgehead atoms. The lowest BCUT2D eigenvalue weighted by Gasteiger charge is -2.13. The maximum absolute atomic E-state index is 11.7. The Labute approximate surface area is 178 Å². The van der Waals surface area contributed by atoms with Crippen LogP contribution in [-0.4, -0.2) is 26.5 Å². The van der Waals surface area contributed by atoms with Gasteiger partial charge in [0.2, 0.25) is 5.91 Å². The molecule has 0 spiro atoms. The van der Waals surface area contributed by atoms with E-state index in [1.54, 1.807) is 10.7 Å². The fourth-order valence-corrected chi connectivity index (χ4v) is 3.62. The molecule has 5 rings (SSSR count). The molecule has 30 heavy (non-hydrogen) atoms. The Morgan fingerprint density at radius 2 is 2.17 bits per heavy atom. The molecule has 7 nitrogen and oxygen atoms in total. The average molecular weight is 421 g/mol. The molecule has 1 aliphatic heterocycles. The van der Waals surface area contributed by atoms with Crippen LogP contribution in [-0.2, 0) is 4.79 Å². The molecule has 2 aromatic heterocycles. The minimum Gasteiger partial charge on any atom is -0.367 e. The largest absolute Gasteiger partial charge is 0.367 e. The SMILES string of the molecule is C=C1NC(=O)C/C1=C\c1cnn2c(NC3CC3)cc(Nc3cc(Cl)ccc3C)nc12. The first-order valence-electron chi connectivity index (χ1n) is 9.84. The molecule has 0 radical (unpaired) electrons. The normalized spacial score (nSPS) is 17.6. The molecule has 1 saturated carbocycles. The van der Waals surface area contributed by atoms with E-state index in [0.29, 0.717) is 34.6 Å². The first-order chi connectivity index (χ1) is 14.5. The van der Waals surface area contributed by atoms with Crippen LogP contribution in [0.25, 0.3) is 11.7 Å². The molecule has 3 N–H and O–H groups in total. The number of fused-ring (bicyclic) bond motifs is 1. The van der Waals surface area contributed by atoms with Crippen molar-refractivity contribution in [2.24, 2.45) is 0 Å². The number of rotatable bonds is 5. The molecule has 3 heterocycles. The second-order valence-electron chi connectivity index (χ2n) is 7.74. The van der Waals surface area contributed by atoms with Crippen molar-refractivity contribution in [1.82, 2.24) is 19.9 Å². The number of halogens is 1. The van der Waals surface area contributed by atoms with Crippen LogP contribution in [0.3, 0.4) is 0 Å². The number of anilines is 3. The van der Waals surface area contributed by atoms with Gasteiger partial charge in [0.25, 0.3) is 0 Å². The molecule has 0 unspecified atom stereocenters. The highest BCUT2D eigenvalue weighted by molar-refractivity contribution is 6.30. The standard InChI is InChI=1S/C22H21ClN6O/c1-12-3-4-16(23)9-18(12)27-19-10-20(26-17-5-6-17)29-22(28-19)15(11-24-29)7-14-8-21(30)25-13(14)2/h3-4,7,9-11,17,26H,2,5-6,8H2,1H3,(H,25,30)(H,27,28)/b14-7+. The van der Waals surface area contributed by atoms with Gasteiger partial charge in [-0.2, -0.15) is 9.61 Å². The van der Waals surface area contributed by atoms with Gasteiger partial charge in [-0.1, -0.05) is 24.2 Å². The molecule has 3 aromatic rings. The van der Waals surface area contributed by atoms with Crippen molar-refractivity contribution in [1.29, 1.82) is 0 Å². The summed E-state index contributed by atoms with van der Waals surface area (Å²) >= 11 is 6.18. The summed E-state index contributed by atoms with van der Waals surface area (Å²) < 4.78 is 1.80. The molecule has 152 valence electrons. The van der Waals surface area contributed by atoms with Gasteiger partial charge < -0.3 is 16.0 Å². The Bertz CT molecular complexity index is 1220. The lowest BCUT2D eigenvalue weighted by molar-refractivity contribution is -0.118. The first-order valence-corrected chi connectivity index (χ1v) is 10.2. The van der Waals surface area contributed by atoms with Gasteiger partial charge in [-0.25, -0.2) is 4.98 Å². The molecule has 1 amide bonds. The number of carbonyl (C=O) groups excluding carboxylic acids is 1. The molecule has 1 aliphatic carbocycles. The zero-order chi connectivity index (χ0) is 20.8. The number of hydrogen-bond acceptors (Lipinski definition) is 5. The summed E-state index contributed by atoms with van der Waals surface area (Å²) in [5.74, 6) is 1.51.